The molecule has 0 aliphatic carbocycles. The van der Waals surface area contributed by atoms with Crippen LogP contribution in [0.5, 0.6) is 11.5 Å². The highest BCUT2D eigenvalue weighted by Crippen LogP contribution is 2.30. The molecule has 2 rings (SSSR count). The molecule has 0 spiro atoms. The summed E-state index contributed by atoms with van der Waals surface area (Å²) < 4.78 is 11.2. The van der Waals surface area contributed by atoms with E-state index in [1.807, 2.05) is 39.0 Å². The Morgan fingerprint density at radius 1 is 1.13 bits per heavy atom. The third kappa shape index (κ3) is 4.45. The zero-order valence-corrected chi connectivity index (χ0v) is 13.7. The second-order valence-electron chi connectivity index (χ2n) is 4.98. The van der Waals surface area contributed by atoms with Crippen molar-refractivity contribution in [2.45, 2.75) is 26.8 Å². The minimum absolute atomic E-state index is 0.167. The Bertz CT molecular complexity index is 644. The van der Waals surface area contributed by atoms with Crippen LogP contribution in [0.25, 0.3) is 0 Å². The number of aromatic nitrogens is 1. The first-order chi connectivity index (χ1) is 11.2. The van der Waals surface area contributed by atoms with Crippen LogP contribution < -0.4 is 14.8 Å². The molecule has 5 heteroatoms. The molecule has 2 aromatic rings. The number of amides is 1. The first-order valence-corrected chi connectivity index (χ1v) is 7.77. The summed E-state index contributed by atoms with van der Waals surface area (Å²) in [7, 11) is 0. The molecule has 0 bridgehead atoms. The van der Waals surface area contributed by atoms with Gasteiger partial charge in [0.05, 0.1) is 19.3 Å². The fraction of sp³-hybridized carbons (Fsp3) is 0.333. The molecule has 0 aliphatic heterocycles. The van der Waals surface area contributed by atoms with E-state index in [9.17, 15) is 4.79 Å². The summed E-state index contributed by atoms with van der Waals surface area (Å²) in [5.41, 5.74) is 1.34. The van der Waals surface area contributed by atoms with E-state index in [1.54, 1.807) is 24.4 Å². The Morgan fingerprint density at radius 2 is 1.87 bits per heavy atom. The lowest BCUT2D eigenvalue weighted by molar-refractivity contribution is 0.0935. The molecular formula is C18H22N2O3. The van der Waals surface area contributed by atoms with E-state index in [1.165, 1.54) is 0 Å². The highest BCUT2D eigenvalue weighted by molar-refractivity contribution is 5.92. The number of carbonyl (C=O) groups excluding carboxylic acids is 1. The lowest BCUT2D eigenvalue weighted by atomic mass is 10.1. The van der Waals surface area contributed by atoms with Gasteiger partial charge in [0.2, 0.25) is 0 Å². The van der Waals surface area contributed by atoms with Gasteiger partial charge in [0.1, 0.15) is 5.69 Å². The third-order valence-corrected chi connectivity index (χ3v) is 3.31. The van der Waals surface area contributed by atoms with Gasteiger partial charge in [0, 0.05) is 6.20 Å². The van der Waals surface area contributed by atoms with Gasteiger partial charge in [-0.25, -0.2) is 0 Å². The van der Waals surface area contributed by atoms with Crippen LogP contribution in [-0.4, -0.2) is 24.1 Å². The standard InChI is InChI=1S/C18H22N2O3/c1-4-22-16-10-9-14(12-17(16)23-5-2)13(3)20-18(21)15-8-6-7-11-19-15/h6-13H,4-5H2,1-3H3,(H,20,21)/t13-/m0/s1. The van der Waals surface area contributed by atoms with Crippen molar-refractivity contribution in [2.24, 2.45) is 0 Å². The molecule has 0 radical (unpaired) electrons. The number of hydrogen-bond acceptors (Lipinski definition) is 4. The Kier molecular flexibility index (Phi) is 5.97. The van der Waals surface area contributed by atoms with E-state index in [0.717, 1.165) is 5.56 Å². The first-order valence-electron chi connectivity index (χ1n) is 7.77. The summed E-state index contributed by atoms with van der Waals surface area (Å²) in [6, 6.07) is 10.8. The van der Waals surface area contributed by atoms with Crippen molar-refractivity contribution in [2.75, 3.05) is 13.2 Å². The minimum atomic E-state index is -0.204. The monoisotopic (exact) mass is 314 g/mol. The first kappa shape index (κ1) is 16.8. The third-order valence-electron chi connectivity index (χ3n) is 3.31. The highest BCUT2D eigenvalue weighted by Gasteiger charge is 2.14. The van der Waals surface area contributed by atoms with Gasteiger partial charge in [-0.3, -0.25) is 9.78 Å². The molecule has 5 nitrogen and oxygen atoms in total. The maximum absolute atomic E-state index is 12.2. The van der Waals surface area contributed by atoms with Crippen LogP contribution >= 0.6 is 0 Å². The molecule has 0 saturated carbocycles. The molecule has 23 heavy (non-hydrogen) atoms. The Hall–Kier alpha value is -2.56. The number of carbonyl (C=O) groups is 1. The molecular weight excluding hydrogens is 292 g/mol. The number of nitrogens with zero attached hydrogens (tertiary/aromatic N) is 1. The van der Waals surface area contributed by atoms with E-state index >= 15 is 0 Å². The fourth-order valence-electron chi connectivity index (χ4n) is 2.19. The molecule has 1 amide bonds. The summed E-state index contributed by atoms with van der Waals surface area (Å²) in [6.45, 7) is 6.91. The number of hydrogen-bond donors (Lipinski definition) is 1. The summed E-state index contributed by atoms with van der Waals surface area (Å²) in [4.78, 5) is 16.2. The van der Waals surface area contributed by atoms with Crippen LogP contribution in [0.4, 0.5) is 0 Å². The van der Waals surface area contributed by atoms with Crippen LogP contribution in [0.15, 0.2) is 42.6 Å². The van der Waals surface area contributed by atoms with Gasteiger partial charge in [0.25, 0.3) is 5.91 Å². The second kappa shape index (κ2) is 8.17. The van der Waals surface area contributed by atoms with Gasteiger partial charge >= 0.3 is 0 Å². The molecule has 1 N–H and O–H groups in total. The summed E-state index contributed by atoms with van der Waals surface area (Å²) in [5.74, 6) is 1.19. The zero-order valence-electron chi connectivity index (χ0n) is 13.7. The molecule has 0 unspecified atom stereocenters. The molecule has 0 fully saturated rings. The molecule has 1 aromatic carbocycles. The smallest absolute Gasteiger partial charge is 0.270 e. The quantitative estimate of drug-likeness (QED) is 0.851. The average molecular weight is 314 g/mol. The predicted octanol–water partition coefficient (Wildman–Crippen LogP) is 3.37. The largest absolute Gasteiger partial charge is 0.490 e. The van der Waals surface area contributed by atoms with Gasteiger partial charge in [-0.1, -0.05) is 12.1 Å². The van der Waals surface area contributed by atoms with Gasteiger partial charge in [0.15, 0.2) is 11.5 Å². The van der Waals surface area contributed by atoms with E-state index < -0.39 is 0 Å². The summed E-state index contributed by atoms with van der Waals surface area (Å²) >= 11 is 0. The molecule has 1 aromatic heterocycles. The van der Waals surface area contributed by atoms with Crippen LogP contribution in [0.3, 0.4) is 0 Å². The molecule has 1 atom stereocenters. The average Bonchev–Trinajstić information content (AvgIpc) is 2.57. The van der Waals surface area contributed by atoms with Gasteiger partial charge in [-0.05, 0) is 50.6 Å². The number of pyridine rings is 1. The maximum Gasteiger partial charge on any atom is 0.270 e. The van der Waals surface area contributed by atoms with Gasteiger partial charge < -0.3 is 14.8 Å². The van der Waals surface area contributed by atoms with Crippen molar-refractivity contribution >= 4 is 5.91 Å². The van der Waals surface area contributed by atoms with E-state index in [4.69, 9.17) is 9.47 Å². The minimum Gasteiger partial charge on any atom is -0.490 e. The van der Waals surface area contributed by atoms with Gasteiger partial charge in [-0.2, -0.15) is 0 Å². The number of nitrogens with one attached hydrogen (secondary N) is 1. The maximum atomic E-state index is 12.2. The fourth-order valence-corrected chi connectivity index (χ4v) is 2.19. The normalized spacial score (nSPS) is 11.6. The Morgan fingerprint density at radius 3 is 2.52 bits per heavy atom. The predicted molar refractivity (Wildman–Crippen MR) is 88.9 cm³/mol. The SMILES string of the molecule is CCOc1ccc([C@H](C)NC(=O)c2ccccn2)cc1OCC. The Balaban J connectivity index is 2.14. The van der Waals surface area contributed by atoms with Crippen molar-refractivity contribution in [1.29, 1.82) is 0 Å². The summed E-state index contributed by atoms with van der Waals surface area (Å²) in [6.07, 6.45) is 1.60. The van der Waals surface area contributed by atoms with Crippen molar-refractivity contribution in [3.8, 4) is 11.5 Å². The number of ether oxygens (including phenoxy) is 2. The molecule has 1 heterocycles. The van der Waals surface area contributed by atoms with Crippen LogP contribution in [0.1, 0.15) is 42.9 Å². The second-order valence-corrected chi connectivity index (χ2v) is 4.98. The van der Waals surface area contributed by atoms with Crippen molar-refractivity contribution in [1.82, 2.24) is 10.3 Å². The van der Waals surface area contributed by atoms with Crippen LogP contribution in [0.2, 0.25) is 0 Å². The van der Waals surface area contributed by atoms with Crippen LogP contribution in [0, 0.1) is 0 Å². The molecule has 122 valence electrons. The van der Waals surface area contributed by atoms with E-state index in [-0.39, 0.29) is 11.9 Å². The summed E-state index contributed by atoms with van der Waals surface area (Å²) in [5, 5.41) is 2.94. The van der Waals surface area contributed by atoms with E-state index in [2.05, 4.69) is 10.3 Å². The number of benzene rings is 1. The lowest BCUT2D eigenvalue weighted by Gasteiger charge is -2.17. The highest BCUT2D eigenvalue weighted by atomic mass is 16.5. The lowest BCUT2D eigenvalue weighted by Crippen LogP contribution is -2.27. The Labute approximate surface area is 136 Å². The molecule has 0 saturated heterocycles. The van der Waals surface area contributed by atoms with E-state index in [0.29, 0.717) is 30.4 Å². The van der Waals surface area contributed by atoms with Crippen molar-refractivity contribution in [3.63, 3.8) is 0 Å². The topological polar surface area (TPSA) is 60.5 Å². The van der Waals surface area contributed by atoms with Gasteiger partial charge in [-0.15, -0.1) is 0 Å². The zero-order chi connectivity index (χ0) is 16.7. The number of rotatable bonds is 7. The molecule has 0 aliphatic rings. The van der Waals surface area contributed by atoms with Crippen LogP contribution in [-0.2, 0) is 0 Å². The van der Waals surface area contributed by atoms with Crippen molar-refractivity contribution in [3.05, 3.63) is 53.9 Å². The van der Waals surface area contributed by atoms with Crippen molar-refractivity contribution < 1.29 is 14.3 Å².